The average molecular weight is 478 g/mol. The maximum Gasteiger partial charge on any atom is 0.431 e. The Bertz CT molecular complexity index is 324. The Morgan fingerprint density at radius 3 is 1.50 bits per heavy atom. The minimum Gasteiger partial charge on any atom is -0.223 e. The molecule has 2 atom stereocenters. The van der Waals surface area contributed by atoms with Crippen LogP contribution in [0.25, 0.3) is 0 Å². The second kappa shape index (κ2) is 10.4. The van der Waals surface area contributed by atoms with E-state index in [1.54, 1.807) is 22.6 Å². The lowest BCUT2D eigenvalue weighted by Crippen LogP contribution is -2.60. The molecule has 0 rings (SSSR count). The Kier molecular flexibility index (Phi) is 10.5. The van der Waals surface area contributed by atoms with Crippen LogP contribution < -0.4 is 0 Å². The number of halogens is 8. The summed E-state index contributed by atoms with van der Waals surface area (Å²) in [6, 6.07) is 0. The van der Waals surface area contributed by atoms with Gasteiger partial charge in [0.15, 0.2) is 0 Å². The van der Waals surface area contributed by atoms with Crippen molar-refractivity contribution in [2.45, 2.75) is 93.6 Å². The molecule has 0 bridgehead atoms. The van der Waals surface area contributed by atoms with Crippen LogP contribution in [0.4, 0.5) is 30.7 Å². The number of hydrogen-bond donors (Lipinski definition) is 0. The van der Waals surface area contributed by atoms with Crippen LogP contribution in [-0.4, -0.2) is 21.9 Å². The summed E-state index contributed by atoms with van der Waals surface area (Å²) in [5, 5.41) is 0. The molecule has 0 saturated heterocycles. The molecule has 0 saturated carbocycles. The van der Waals surface area contributed by atoms with E-state index in [4.69, 9.17) is 0 Å². The highest BCUT2D eigenvalue weighted by Gasteiger charge is 2.76. The zero-order valence-electron chi connectivity index (χ0n) is 14.0. The van der Waals surface area contributed by atoms with Crippen molar-refractivity contribution >= 4 is 22.6 Å². The second-order valence-electron chi connectivity index (χ2n) is 6.15. The molecule has 24 heavy (non-hydrogen) atoms. The van der Waals surface area contributed by atoms with Gasteiger partial charge >= 0.3 is 18.0 Å². The van der Waals surface area contributed by atoms with E-state index >= 15 is 0 Å². The summed E-state index contributed by atoms with van der Waals surface area (Å²) in [7, 11) is 0. The Hall–Kier alpha value is 0.240. The Morgan fingerprint density at radius 2 is 1.12 bits per heavy atom. The summed E-state index contributed by atoms with van der Waals surface area (Å²) in [5.41, 5.74) is -5.15. The smallest absolute Gasteiger partial charge is 0.223 e. The Balaban J connectivity index is 4.74. The van der Waals surface area contributed by atoms with E-state index in [1.165, 1.54) is 6.92 Å². The van der Waals surface area contributed by atoms with Crippen LogP contribution in [0.1, 0.15) is 71.6 Å². The zero-order chi connectivity index (χ0) is 19.0. The standard InChI is InChI=1S/C16H26F7I/c1-3-5-6-7-8-9-10-11-13(24)12(4-2)14(17,15(18,19)20)16(21,22)23/h12-13H,3-11H2,1-2H3. The minimum absolute atomic E-state index is 0.157. The topological polar surface area (TPSA) is 0 Å². The van der Waals surface area contributed by atoms with Gasteiger partial charge in [0, 0.05) is 9.84 Å². The normalized spacial score (nSPS) is 16.2. The highest BCUT2D eigenvalue weighted by atomic mass is 127. The summed E-state index contributed by atoms with van der Waals surface area (Å²) >= 11 is 1.54. The molecule has 0 heterocycles. The van der Waals surface area contributed by atoms with Gasteiger partial charge in [0.25, 0.3) is 0 Å². The predicted octanol–water partition coefficient (Wildman–Crippen LogP) is 7.79. The molecular formula is C16H26F7I. The monoisotopic (exact) mass is 478 g/mol. The number of unbranched alkanes of at least 4 members (excludes halogenated alkanes) is 6. The molecule has 0 aromatic rings. The van der Waals surface area contributed by atoms with Crippen molar-refractivity contribution in [3.05, 3.63) is 0 Å². The van der Waals surface area contributed by atoms with Gasteiger partial charge in [-0.3, -0.25) is 0 Å². The zero-order valence-corrected chi connectivity index (χ0v) is 16.2. The molecule has 146 valence electrons. The van der Waals surface area contributed by atoms with Crippen molar-refractivity contribution in [2.75, 3.05) is 0 Å². The molecule has 0 radical (unpaired) electrons. The van der Waals surface area contributed by atoms with Gasteiger partial charge in [-0.1, -0.05) is 81.4 Å². The predicted molar refractivity (Wildman–Crippen MR) is 90.1 cm³/mol. The van der Waals surface area contributed by atoms with Crippen LogP contribution in [0.3, 0.4) is 0 Å². The third kappa shape index (κ3) is 6.52. The first-order chi connectivity index (χ1) is 10.9. The highest BCUT2D eigenvalue weighted by molar-refractivity contribution is 14.1. The van der Waals surface area contributed by atoms with Gasteiger partial charge in [0.05, 0.1) is 0 Å². The molecule has 0 spiro atoms. The summed E-state index contributed by atoms with van der Waals surface area (Å²) in [5.74, 6) is -2.13. The molecule has 0 aromatic heterocycles. The van der Waals surface area contributed by atoms with Gasteiger partial charge in [0.1, 0.15) is 0 Å². The second-order valence-corrected chi connectivity index (χ2v) is 7.75. The summed E-state index contributed by atoms with van der Waals surface area (Å²) in [6.07, 6.45) is -5.81. The van der Waals surface area contributed by atoms with Crippen LogP contribution in [0, 0.1) is 5.92 Å². The molecule has 2 unspecified atom stereocenters. The van der Waals surface area contributed by atoms with Crippen molar-refractivity contribution in [3.8, 4) is 0 Å². The number of hydrogen-bond acceptors (Lipinski definition) is 0. The van der Waals surface area contributed by atoms with E-state index in [0.29, 0.717) is 6.42 Å². The van der Waals surface area contributed by atoms with E-state index in [2.05, 4.69) is 6.92 Å². The van der Waals surface area contributed by atoms with Gasteiger partial charge in [-0.2, -0.15) is 26.3 Å². The lowest BCUT2D eigenvalue weighted by atomic mass is 9.81. The van der Waals surface area contributed by atoms with E-state index in [9.17, 15) is 30.7 Å². The maximum atomic E-state index is 14.2. The Morgan fingerprint density at radius 1 is 0.708 bits per heavy atom. The molecule has 0 nitrogen and oxygen atoms in total. The highest BCUT2D eigenvalue weighted by Crippen LogP contribution is 2.54. The molecule has 8 heteroatoms. The van der Waals surface area contributed by atoms with Crippen molar-refractivity contribution in [1.29, 1.82) is 0 Å². The molecule has 0 fully saturated rings. The van der Waals surface area contributed by atoms with E-state index in [1.807, 2.05) is 0 Å². The first-order valence-corrected chi connectivity index (χ1v) is 9.64. The average Bonchev–Trinajstić information content (AvgIpc) is 2.44. The summed E-state index contributed by atoms with van der Waals surface area (Å²) in [6.45, 7) is 3.25. The minimum atomic E-state index is -5.96. The molecule has 0 aliphatic carbocycles. The fraction of sp³-hybridized carbons (Fsp3) is 1.00. The van der Waals surface area contributed by atoms with E-state index in [-0.39, 0.29) is 6.42 Å². The first kappa shape index (κ1) is 24.2. The molecule has 0 N–H and O–H groups in total. The lowest BCUT2D eigenvalue weighted by molar-refractivity contribution is -0.357. The number of alkyl halides is 8. The molecule has 0 aliphatic rings. The van der Waals surface area contributed by atoms with Crippen molar-refractivity contribution in [1.82, 2.24) is 0 Å². The van der Waals surface area contributed by atoms with Gasteiger partial charge in [-0.15, -0.1) is 0 Å². The van der Waals surface area contributed by atoms with Gasteiger partial charge < -0.3 is 0 Å². The van der Waals surface area contributed by atoms with Gasteiger partial charge in [0.2, 0.25) is 0 Å². The third-order valence-electron chi connectivity index (χ3n) is 4.30. The summed E-state index contributed by atoms with van der Waals surface area (Å²) < 4.78 is 90.3. The van der Waals surface area contributed by atoms with Crippen LogP contribution in [0.5, 0.6) is 0 Å². The quantitative estimate of drug-likeness (QED) is 0.123. The van der Waals surface area contributed by atoms with Crippen LogP contribution >= 0.6 is 22.6 Å². The molecule has 0 aliphatic heterocycles. The fourth-order valence-electron chi connectivity index (χ4n) is 2.87. The van der Waals surface area contributed by atoms with Crippen LogP contribution in [0.15, 0.2) is 0 Å². The van der Waals surface area contributed by atoms with Gasteiger partial charge in [-0.25, -0.2) is 4.39 Å². The maximum absolute atomic E-state index is 14.2. The van der Waals surface area contributed by atoms with Crippen LogP contribution in [0.2, 0.25) is 0 Å². The van der Waals surface area contributed by atoms with E-state index in [0.717, 1.165) is 38.5 Å². The van der Waals surface area contributed by atoms with Crippen LogP contribution in [-0.2, 0) is 0 Å². The Labute approximate surface area is 153 Å². The SMILES string of the molecule is CCCCCCCCCC(I)C(CC)C(F)(C(F)(F)F)C(F)(F)F. The third-order valence-corrected chi connectivity index (χ3v) is 5.79. The van der Waals surface area contributed by atoms with Crippen molar-refractivity contribution in [3.63, 3.8) is 0 Å². The first-order valence-electron chi connectivity index (χ1n) is 8.39. The van der Waals surface area contributed by atoms with Crippen molar-refractivity contribution in [2.24, 2.45) is 5.92 Å². The largest absolute Gasteiger partial charge is 0.431 e. The molecule has 0 aromatic carbocycles. The van der Waals surface area contributed by atoms with E-state index < -0.39 is 34.3 Å². The summed E-state index contributed by atoms with van der Waals surface area (Å²) in [4.78, 5) is 0. The molecule has 0 amide bonds. The molecular weight excluding hydrogens is 452 g/mol. The van der Waals surface area contributed by atoms with Gasteiger partial charge in [-0.05, 0) is 12.8 Å². The fourth-order valence-corrected chi connectivity index (χ4v) is 4.31. The number of rotatable bonds is 11. The van der Waals surface area contributed by atoms with Crippen molar-refractivity contribution < 1.29 is 30.7 Å². The lowest BCUT2D eigenvalue weighted by Gasteiger charge is -2.38.